The number of urea groups is 2. The van der Waals surface area contributed by atoms with Gasteiger partial charge in [-0.25, -0.2) is 19.3 Å². The molecular weight excluding hydrogens is 569 g/mol. The minimum absolute atomic E-state index is 0.0874. The molecule has 4 rings (SSSR count). The lowest BCUT2D eigenvalue weighted by Gasteiger charge is -2.14. The summed E-state index contributed by atoms with van der Waals surface area (Å²) in [7, 11) is 3.09. The first-order chi connectivity index (χ1) is 19.8. The average Bonchev–Trinajstić information content (AvgIpc) is 3.38. The van der Waals surface area contributed by atoms with Gasteiger partial charge in [-0.15, -0.1) is 0 Å². The first-order valence-corrected chi connectivity index (χ1v) is 13.5. The Morgan fingerprint density at radius 3 is 2.41 bits per heavy atom. The maximum Gasteiger partial charge on any atom is 0.324 e. The molecule has 4 amide bonds. The summed E-state index contributed by atoms with van der Waals surface area (Å²) in [4.78, 5) is 28.6. The zero-order chi connectivity index (χ0) is 29.4. The zero-order valence-electron chi connectivity index (χ0n) is 22.6. The molecule has 0 saturated heterocycles. The molecule has 0 spiro atoms. The van der Waals surface area contributed by atoms with Crippen LogP contribution in [0.4, 0.5) is 26.9 Å². The van der Waals surface area contributed by atoms with E-state index >= 15 is 0 Å². The Bertz CT molecular complexity index is 1530. The fourth-order valence-corrected chi connectivity index (χ4v) is 4.15. The molecule has 2 heterocycles. The summed E-state index contributed by atoms with van der Waals surface area (Å²) >= 11 is 13.0. The number of hydrogen-bond acceptors (Lipinski definition) is 6. The van der Waals surface area contributed by atoms with Crippen LogP contribution in [-0.2, 0) is 6.42 Å². The highest BCUT2D eigenvalue weighted by Gasteiger charge is 2.17. The lowest BCUT2D eigenvalue weighted by atomic mass is 10.2. The van der Waals surface area contributed by atoms with Crippen molar-refractivity contribution in [3.8, 4) is 22.9 Å². The Labute approximate surface area is 247 Å². The number of unbranched alkanes of at least 4 members (excludes halogenated alkanes) is 1. The molecule has 13 heteroatoms. The molecule has 2 aromatic heterocycles. The number of amides is 4. The number of carbonyl (C=O) groups excluding carboxylic acids is 2. The number of carbonyl (C=O) groups is 2. The van der Waals surface area contributed by atoms with Gasteiger partial charge in [-0.2, -0.15) is 5.10 Å². The first kappa shape index (κ1) is 29.5. The van der Waals surface area contributed by atoms with E-state index in [1.807, 2.05) is 30.3 Å². The summed E-state index contributed by atoms with van der Waals surface area (Å²) in [6.45, 7) is 2.11. The normalized spacial score (nSPS) is 10.6. The molecule has 0 aliphatic heterocycles. The van der Waals surface area contributed by atoms with E-state index < -0.39 is 12.1 Å². The van der Waals surface area contributed by atoms with Gasteiger partial charge in [-0.3, -0.25) is 10.6 Å². The van der Waals surface area contributed by atoms with Gasteiger partial charge in [0.15, 0.2) is 0 Å². The van der Waals surface area contributed by atoms with Gasteiger partial charge < -0.3 is 20.1 Å². The second kappa shape index (κ2) is 13.7. The van der Waals surface area contributed by atoms with E-state index in [0.717, 1.165) is 30.6 Å². The van der Waals surface area contributed by atoms with Crippen LogP contribution < -0.4 is 30.7 Å². The van der Waals surface area contributed by atoms with E-state index in [-0.39, 0.29) is 27.3 Å². The van der Waals surface area contributed by atoms with Crippen molar-refractivity contribution in [2.75, 3.05) is 30.1 Å². The summed E-state index contributed by atoms with van der Waals surface area (Å²) in [6, 6.07) is 14.5. The third-order valence-electron chi connectivity index (χ3n) is 5.83. The van der Waals surface area contributed by atoms with Gasteiger partial charge in [-0.05, 0) is 55.3 Å². The summed E-state index contributed by atoms with van der Waals surface area (Å²) in [5.41, 5.74) is 1.89. The van der Waals surface area contributed by atoms with Crippen molar-refractivity contribution in [3.63, 3.8) is 0 Å². The molecule has 0 radical (unpaired) electrons. The Kier molecular flexibility index (Phi) is 9.88. The van der Waals surface area contributed by atoms with Crippen molar-refractivity contribution in [1.82, 2.24) is 20.1 Å². The third-order valence-corrected chi connectivity index (χ3v) is 6.69. The fourth-order valence-electron chi connectivity index (χ4n) is 3.75. The van der Waals surface area contributed by atoms with Crippen molar-refractivity contribution >= 4 is 52.6 Å². The van der Waals surface area contributed by atoms with E-state index in [0.29, 0.717) is 17.3 Å². The number of aryl methyl sites for hydroxylation is 1. The predicted octanol–water partition coefficient (Wildman–Crippen LogP) is 7.11. The quantitative estimate of drug-likeness (QED) is 0.154. The molecule has 0 aliphatic carbocycles. The molecule has 0 unspecified atom stereocenters. The maximum atomic E-state index is 13.0. The van der Waals surface area contributed by atoms with Gasteiger partial charge in [0.25, 0.3) is 0 Å². The van der Waals surface area contributed by atoms with Gasteiger partial charge in [0.1, 0.15) is 33.9 Å². The van der Waals surface area contributed by atoms with Crippen LogP contribution in [0.5, 0.6) is 17.2 Å². The number of ether oxygens (including phenoxy) is 2. The SMILES string of the molecule is CCCCc1cc(NC(=O)Nc2ccc(Oc3ccnc(NC(=O)NC)c3)c(Cl)c2Cl)n(-c2ccc(OC)cc2)n1. The van der Waals surface area contributed by atoms with Crippen molar-refractivity contribution in [2.24, 2.45) is 0 Å². The largest absolute Gasteiger partial charge is 0.497 e. The number of anilines is 3. The highest BCUT2D eigenvalue weighted by Crippen LogP contribution is 2.39. The molecular formula is C28H29Cl2N7O4. The fraction of sp³-hybridized carbons (Fsp3) is 0.214. The molecule has 4 N–H and O–H groups in total. The second-order valence-electron chi connectivity index (χ2n) is 8.74. The predicted molar refractivity (Wildman–Crippen MR) is 160 cm³/mol. The smallest absolute Gasteiger partial charge is 0.324 e. The molecule has 11 nitrogen and oxygen atoms in total. The number of hydrogen-bond donors (Lipinski definition) is 4. The Hall–Kier alpha value is -4.48. The van der Waals surface area contributed by atoms with Crippen LogP contribution in [0.1, 0.15) is 25.5 Å². The average molecular weight is 598 g/mol. The number of aromatic nitrogens is 3. The zero-order valence-corrected chi connectivity index (χ0v) is 24.1. The molecule has 0 atom stereocenters. The van der Waals surface area contributed by atoms with Crippen LogP contribution in [0, 0.1) is 0 Å². The van der Waals surface area contributed by atoms with E-state index in [1.165, 1.54) is 19.3 Å². The lowest BCUT2D eigenvalue weighted by Crippen LogP contribution is -2.24. The molecule has 0 fully saturated rings. The monoisotopic (exact) mass is 597 g/mol. The van der Waals surface area contributed by atoms with E-state index in [4.69, 9.17) is 32.7 Å². The highest BCUT2D eigenvalue weighted by atomic mass is 35.5. The molecule has 0 bridgehead atoms. The first-order valence-electron chi connectivity index (χ1n) is 12.7. The second-order valence-corrected chi connectivity index (χ2v) is 9.49. The minimum atomic E-state index is -0.535. The maximum absolute atomic E-state index is 13.0. The molecule has 0 aliphatic rings. The topological polar surface area (TPSA) is 131 Å². The molecule has 2 aromatic carbocycles. The Balaban J connectivity index is 1.49. The van der Waals surface area contributed by atoms with Crippen molar-refractivity contribution in [1.29, 1.82) is 0 Å². The van der Waals surface area contributed by atoms with Gasteiger partial charge in [0, 0.05) is 25.4 Å². The van der Waals surface area contributed by atoms with Crippen molar-refractivity contribution < 1.29 is 19.1 Å². The van der Waals surface area contributed by atoms with Crippen LogP contribution in [0.15, 0.2) is 60.8 Å². The molecule has 214 valence electrons. The van der Waals surface area contributed by atoms with Crippen LogP contribution >= 0.6 is 23.2 Å². The van der Waals surface area contributed by atoms with Gasteiger partial charge in [0.05, 0.1) is 29.2 Å². The van der Waals surface area contributed by atoms with Crippen LogP contribution in [0.2, 0.25) is 10.0 Å². The molecule has 4 aromatic rings. The molecule has 41 heavy (non-hydrogen) atoms. The van der Waals surface area contributed by atoms with E-state index in [9.17, 15) is 9.59 Å². The number of rotatable bonds is 10. The van der Waals surface area contributed by atoms with Crippen LogP contribution in [-0.4, -0.2) is 41.0 Å². The number of nitrogens with zero attached hydrogens (tertiary/aromatic N) is 3. The van der Waals surface area contributed by atoms with Gasteiger partial charge in [0.2, 0.25) is 0 Å². The standard InChI is InChI=1S/C28H29Cl2N7O4/c1-4-5-6-17-15-24(37(36-17)18-7-9-19(40-3)10-8-18)35-28(39)33-21-11-12-22(26(30)25(21)29)41-20-13-14-32-23(16-20)34-27(38)31-2/h7-16H,4-6H2,1-3H3,(H2,33,35,39)(H2,31,32,34,38). The number of methoxy groups -OCH3 is 1. The summed E-state index contributed by atoms with van der Waals surface area (Å²) in [5, 5.41) is 15.4. The van der Waals surface area contributed by atoms with E-state index in [1.54, 1.807) is 30.0 Å². The Morgan fingerprint density at radius 2 is 1.71 bits per heavy atom. The summed E-state index contributed by atoms with van der Waals surface area (Å²) in [5.74, 6) is 2.10. The highest BCUT2D eigenvalue weighted by molar-refractivity contribution is 6.45. The van der Waals surface area contributed by atoms with Gasteiger partial charge >= 0.3 is 12.1 Å². The number of nitrogens with one attached hydrogen (secondary N) is 4. The van der Waals surface area contributed by atoms with Crippen molar-refractivity contribution in [3.05, 3.63) is 76.5 Å². The summed E-state index contributed by atoms with van der Waals surface area (Å²) in [6.07, 6.45) is 4.24. The molecule has 0 saturated carbocycles. The minimum Gasteiger partial charge on any atom is -0.497 e. The third kappa shape index (κ3) is 7.59. The van der Waals surface area contributed by atoms with Crippen molar-refractivity contribution in [2.45, 2.75) is 26.2 Å². The number of halogens is 2. The number of pyridine rings is 1. The van der Waals surface area contributed by atoms with Crippen LogP contribution in [0.3, 0.4) is 0 Å². The summed E-state index contributed by atoms with van der Waals surface area (Å²) < 4.78 is 12.8. The Morgan fingerprint density at radius 1 is 0.927 bits per heavy atom. The number of benzene rings is 2. The van der Waals surface area contributed by atoms with Gasteiger partial charge in [-0.1, -0.05) is 36.5 Å². The van der Waals surface area contributed by atoms with Crippen LogP contribution in [0.25, 0.3) is 5.69 Å². The van der Waals surface area contributed by atoms with E-state index in [2.05, 4.69) is 38.3 Å². The lowest BCUT2D eigenvalue weighted by molar-refractivity contribution is 0.254.